The highest BCUT2D eigenvalue weighted by Crippen LogP contribution is 2.65. The second kappa shape index (κ2) is 15.6. The van der Waals surface area contributed by atoms with Crippen LogP contribution in [0.25, 0.3) is 83.1 Å². The van der Waals surface area contributed by atoms with Gasteiger partial charge in [0, 0.05) is 33.3 Å². The van der Waals surface area contributed by atoms with Crippen LogP contribution in [-0.4, -0.2) is 4.57 Å². The lowest BCUT2D eigenvalue weighted by molar-refractivity contribution is 0.794. The van der Waals surface area contributed by atoms with E-state index in [1.807, 2.05) is 0 Å². The van der Waals surface area contributed by atoms with Gasteiger partial charge in [0.1, 0.15) is 0 Å². The molecule has 0 atom stereocenters. The van der Waals surface area contributed by atoms with E-state index in [1.54, 1.807) is 0 Å². The maximum absolute atomic E-state index is 2.58. The van der Waals surface area contributed by atoms with Crippen LogP contribution in [0.4, 0.5) is 17.1 Å². The van der Waals surface area contributed by atoms with Gasteiger partial charge in [0.25, 0.3) is 0 Å². The van der Waals surface area contributed by atoms with Crippen molar-refractivity contribution in [3.8, 4) is 61.3 Å². The SMILES string of the molecule is c1ccc(-c2ccccc2-c2c(-c3ccccc3)cccc2N(c2ccc3c(c2)c2ccccc2n3-c2ccccc2)c2cccc3c2-c2ccccc2C32c3ccccc3-c3ccccc32)cc1. The highest BCUT2D eigenvalue weighted by atomic mass is 15.2. The Kier molecular flexibility index (Phi) is 8.84. The van der Waals surface area contributed by atoms with Crippen molar-refractivity contribution >= 4 is 38.9 Å². The van der Waals surface area contributed by atoms with E-state index >= 15 is 0 Å². The molecule has 0 unspecified atom stereocenters. The molecule has 1 heterocycles. The van der Waals surface area contributed by atoms with E-state index in [0.29, 0.717) is 0 Å². The second-order valence-corrected chi connectivity index (χ2v) is 18.3. The van der Waals surface area contributed by atoms with Gasteiger partial charge in [-0.1, -0.05) is 218 Å². The predicted octanol–water partition coefficient (Wildman–Crippen LogP) is 17.6. The van der Waals surface area contributed by atoms with Gasteiger partial charge in [-0.2, -0.15) is 0 Å². The van der Waals surface area contributed by atoms with Gasteiger partial charge in [-0.25, -0.2) is 0 Å². The van der Waals surface area contributed by atoms with E-state index < -0.39 is 5.41 Å². The zero-order valence-corrected chi connectivity index (χ0v) is 37.8. The molecule has 1 spiro atoms. The molecular weight excluding hydrogens is 833 g/mol. The molecule has 2 nitrogen and oxygen atoms in total. The van der Waals surface area contributed by atoms with Crippen LogP contribution < -0.4 is 4.90 Å². The highest BCUT2D eigenvalue weighted by molar-refractivity contribution is 6.12. The predicted molar refractivity (Wildman–Crippen MR) is 288 cm³/mol. The lowest BCUT2D eigenvalue weighted by atomic mass is 9.70. The minimum Gasteiger partial charge on any atom is -0.309 e. The number of aromatic nitrogens is 1. The van der Waals surface area contributed by atoms with Gasteiger partial charge in [0.15, 0.2) is 0 Å². The fourth-order valence-corrected chi connectivity index (χ4v) is 12.1. The smallest absolute Gasteiger partial charge is 0.0726 e. The van der Waals surface area contributed by atoms with Crippen LogP contribution in [0.5, 0.6) is 0 Å². The fourth-order valence-electron chi connectivity index (χ4n) is 12.1. The third kappa shape index (κ3) is 5.73. The molecule has 2 aliphatic carbocycles. The number of hydrogen-bond acceptors (Lipinski definition) is 1. The molecule has 0 aliphatic heterocycles. The quantitative estimate of drug-likeness (QED) is 0.155. The number of para-hydroxylation sites is 2. The minimum absolute atomic E-state index is 0.498. The summed E-state index contributed by atoms with van der Waals surface area (Å²) in [6, 6.07) is 98.8. The van der Waals surface area contributed by atoms with Crippen molar-refractivity contribution < 1.29 is 0 Å². The molecule has 69 heavy (non-hydrogen) atoms. The van der Waals surface area contributed by atoms with Gasteiger partial charge in [-0.15, -0.1) is 0 Å². The first-order valence-corrected chi connectivity index (χ1v) is 23.9. The van der Waals surface area contributed by atoms with Crippen LogP contribution in [0.3, 0.4) is 0 Å². The maximum atomic E-state index is 2.58. The number of hydrogen-bond donors (Lipinski definition) is 0. The molecule has 0 amide bonds. The van der Waals surface area contributed by atoms with Crippen LogP contribution >= 0.6 is 0 Å². The van der Waals surface area contributed by atoms with Crippen LogP contribution in [0.1, 0.15) is 22.3 Å². The van der Waals surface area contributed by atoms with E-state index in [0.717, 1.165) is 22.7 Å². The molecule has 0 N–H and O–H groups in total. The summed E-state index contributed by atoms with van der Waals surface area (Å²) < 4.78 is 2.41. The average Bonchev–Trinajstić information content (AvgIpc) is 4.04. The molecular formula is C67H44N2. The van der Waals surface area contributed by atoms with Crippen LogP contribution in [0, 0.1) is 0 Å². The van der Waals surface area contributed by atoms with Crippen LogP contribution in [0.15, 0.2) is 267 Å². The molecule has 11 aromatic carbocycles. The van der Waals surface area contributed by atoms with E-state index in [-0.39, 0.29) is 0 Å². The summed E-state index contributed by atoms with van der Waals surface area (Å²) in [6.45, 7) is 0. The standard InChI is InChI=1S/C67H44N2/c1-4-22-45(23-5-1)49-28-10-11-32-54(49)65-50(46-24-6-2-7-25-46)34-20-40-63(65)69(48-42-43-62-56(44-48)53-31-15-19-39-61(53)68(62)47-26-8-3-9-27-47)64-41-21-38-60-66(64)55-33-14-18-37-59(55)67(60)57-35-16-12-29-51(57)52-30-13-17-36-58(52)67/h1-44H. The summed E-state index contributed by atoms with van der Waals surface area (Å²) in [6.07, 6.45) is 0. The first-order valence-electron chi connectivity index (χ1n) is 23.9. The summed E-state index contributed by atoms with van der Waals surface area (Å²) >= 11 is 0. The number of anilines is 3. The van der Waals surface area contributed by atoms with Gasteiger partial charge in [0.05, 0.1) is 27.8 Å². The summed E-state index contributed by atoms with van der Waals surface area (Å²) in [5, 5.41) is 2.41. The normalized spacial score (nSPS) is 12.8. The van der Waals surface area contributed by atoms with Crippen molar-refractivity contribution in [3.05, 3.63) is 289 Å². The Morgan fingerprint density at radius 3 is 1.43 bits per heavy atom. The number of fused-ring (bicyclic) bond motifs is 13. The van der Waals surface area contributed by atoms with E-state index in [9.17, 15) is 0 Å². The second-order valence-electron chi connectivity index (χ2n) is 18.3. The first kappa shape index (κ1) is 39.2. The van der Waals surface area contributed by atoms with Crippen molar-refractivity contribution in [2.45, 2.75) is 5.41 Å². The van der Waals surface area contributed by atoms with E-state index in [4.69, 9.17) is 0 Å². The Balaban J connectivity index is 1.12. The monoisotopic (exact) mass is 876 g/mol. The minimum atomic E-state index is -0.498. The Bertz CT molecular complexity index is 3910. The molecule has 0 saturated heterocycles. The molecule has 0 radical (unpaired) electrons. The van der Waals surface area contributed by atoms with Crippen molar-refractivity contribution in [2.24, 2.45) is 0 Å². The van der Waals surface area contributed by atoms with Crippen LogP contribution in [-0.2, 0) is 5.41 Å². The van der Waals surface area contributed by atoms with Gasteiger partial charge in [-0.05, 0) is 115 Å². The molecule has 322 valence electrons. The molecule has 1 aromatic heterocycles. The van der Waals surface area contributed by atoms with Crippen molar-refractivity contribution in [1.82, 2.24) is 4.57 Å². The van der Waals surface area contributed by atoms with Gasteiger partial charge >= 0.3 is 0 Å². The largest absolute Gasteiger partial charge is 0.309 e. The summed E-state index contributed by atoms with van der Waals surface area (Å²) in [4.78, 5) is 2.58. The third-order valence-corrected chi connectivity index (χ3v) is 14.8. The Morgan fingerprint density at radius 2 is 0.754 bits per heavy atom. The lowest BCUT2D eigenvalue weighted by Crippen LogP contribution is -2.26. The van der Waals surface area contributed by atoms with E-state index in [2.05, 4.69) is 276 Å². The molecule has 2 heteroatoms. The number of nitrogens with zero attached hydrogens (tertiary/aromatic N) is 2. The Hall–Kier alpha value is -8.98. The molecule has 12 aromatic rings. The summed E-state index contributed by atoms with van der Waals surface area (Å²) in [5.74, 6) is 0. The fraction of sp³-hybridized carbons (Fsp3) is 0.0149. The van der Waals surface area contributed by atoms with Crippen LogP contribution in [0.2, 0.25) is 0 Å². The van der Waals surface area contributed by atoms with Gasteiger partial charge in [-0.3, -0.25) is 0 Å². The molecule has 0 bridgehead atoms. The summed E-state index contributed by atoms with van der Waals surface area (Å²) in [5.41, 5.74) is 23.8. The average molecular weight is 877 g/mol. The van der Waals surface area contributed by atoms with Gasteiger partial charge in [0.2, 0.25) is 0 Å². The Morgan fingerprint density at radius 1 is 0.290 bits per heavy atom. The van der Waals surface area contributed by atoms with Crippen molar-refractivity contribution in [1.29, 1.82) is 0 Å². The molecule has 14 rings (SSSR count). The first-order chi connectivity index (χ1) is 34.3. The summed E-state index contributed by atoms with van der Waals surface area (Å²) in [7, 11) is 0. The van der Waals surface area contributed by atoms with Crippen molar-refractivity contribution in [2.75, 3.05) is 4.90 Å². The topological polar surface area (TPSA) is 8.17 Å². The third-order valence-electron chi connectivity index (χ3n) is 14.8. The zero-order valence-electron chi connectivity index (χ0n) is 37.8. The maximum Gasteiger partial charge on any atom is 0.0726 e. The zero-order chi connectivity index (χ0) is 45.5. The molecule has 2 aliphatic rings. The van der Waals surface area contributed by atoms with E-state index in [1.165, 1.54) is 99.7 Å². The number of benzene rings is 11. The Labute approximate surface area is 402 Å². The van der Waals surface area contributed by atoms with Crippen molar-refractivity contribution in [3.63, 3.8) is 0 Å². The molecule has 0 fully saturated rings. The number of rotatable bonds is 7. The van der Waals surface area contributed by atoms with Gasteiger partial charge < -0.3 is 9.47 Å². The lowest BCUT2D eigenvalue weighted by Gasteiger charge is -2.33. The highest BCUT2D eigenvalue weighted by Gasteiger charge is 2.52. The molecule has 0 saturated carbocycles.